The number of allylic oxidation sites excluding steroid dienone is 1. The minimum absolute atomic E-state index is 0.0726. The predicted molar refractivity (Wildman–Crippen MR) is 112 cm³/mol. The molecule has 0 radical (unpaired) electrons. The van der Waals surface area contributed by atoms with Crippen LogP contribution in [-0.4, -0.2) is 22.4 Å². The molecule has 0 aliphatic heterocycles. The summed E-state index contributed by atoms with van der Waals surface area (Å²) in [6, 6.07) is 0. The van der Waals surface area contributed by atoms with E-state index in [0.717, 1.165) is 47.5 Å². The van der Waals surface area contributed by atoms with Crippen LogP contribution >= 0.6 is 22.6 Å². The summed E-state index contributed by atoms with van der Waals surface area (Å²) in [5.74, 6) is 3.67. The molecule has 6 atom stereocenters. The van der Waals surface area contributed by atoms with Crippen molar-refractivity contribution in [2.75, 3.05) is 11.0 Å². The fraction of sp³-hybridized carbons (Fsp3) is 0.870. The number of hydrogen-bond donors (Lipinski definition) is 0. The number of carbonyl (C=O) groups is 1. The summed E-state index contributed by atoms with van der Waals surface area (Å²) in [7, 11) is 0. The predicted octanol–water partition coefficient (Wildman–Crippen LogP) is 5.73. The zero-order valence-corrected chi connectivity index (χ0v) is 18.5. The fourth-order valence-corrected chi connectivity index (χ4v) is 8.07. The van der Waals surface area contributed by atoms with E-state index in [9.17, 15) is 4.79 Å². The highest BCUT2D eigenvalue weighted by atomic mass is 127. The lowest BCUT2D eigenvalue weighted by Gasteiger charge is -2.57. The summed E-state index contributed by atoms with van der Waals surface area (Å²) in [5.41, 5.74) is 2.45. The molecule has 5 aliphatic rings. The number of hydrogen-bond acceptors (Lipinski definition) is 2. The van der Waals surface area contributed by atoms with Gasteiger partial charge in [-0.3, -0.25) is 4.79 Å². The van der Waals surface area contributed by atoms with Gasteiger partial charge in [-0.15, -0.1) is 0 Å². The van der Waals surface area contributed by atoms with Crippen LogP contribution < -0.4 is 0 Å². The minimum Gasteiger partial charge on any atom is -0.374 e. The van der Waals surface area contributed by atoms with E-state index < -0.39 is 0 Å². The SMILES string of the molecule is CC12CCC3C(CC4(CC4)C4=CC(=O)CC[C@@H]43)C1CC[C@]2(C)OCCI. The number of carbonyl (C=O) groups excluding carboxylic acids is 1. The Morgan fingerprint density at radius 2 is 1.92 bits per heavy atom. The van der Waals surface area contributed by atoms with E-state index >= 15 is 0 Å². The zero-order valence-electron chi connectivity index (χ0n) is 16.4. The Labute approximate surface area is 172 Å². The van der Waals surface area contributed by atoms with Gasteiger partial charge in [0.1, 0.15) is 0 Å². The number of rotatable bonds is 3. The molecule has 0 aromatic heterocycles. The molecule has 3 heteroatoms. The van der Waals surface area contributed by atoms with Crippen LogP contribution in [0.1, 0.15) is 71.6 Å². The molecule has 0 N–H and O–H groups in total. The maximum absolute atomic E-state index is 12.1. The first-order chi connectivity index (χ1) is 12.4. The summed E-state index contributed by atoms with van der Waals surface area (Å²) in [6.07, 6.45) is 13.4. The second kappa shape index (κ2) is 6.05. The molecule has 144 valence electrons. The van der Waals surface area contributed by atoms with E-state index in [0.29, 0.717) is 16.6 Å². The maximum atomic E-state index is 12.1. The molecule has 0 aromatic carbocycles. The number of halogens is 1. The lowest BCUT2D eigenvalue weighted by atomic mass is 9.48. The first-order valence-corrected chi connectivity index (χ1v) is 12.4. The van der Waals surface area contributed by atoms with E-state index in [4.69, 9.17) is 4.74 Å². The number of alkyl halides is 1. The van der Waals surface area contributed by atoms with Gasteiger partial charge in [-0.2, -0.15) is 0 Å². The maximum Gasteiger partial charge on any atom is 0.155 e. The third kappa shape index (κ3) is 2.41. The molecular formula is C23H33IO2. The van der Waals surface area contributed by atoms with Gasteiger partial charge in [0.15, 0.2) is 5.78 Å². The lowest BCUT2D eigenvalue weighted by molar-refractivity contribution is -0.143. The molecule has 4 unspecified atom stereocenters. The molecule has 26 heavy (non-hydrogen) atoms. The molecule has 0 saturated heterocycles. The van der Waals surface area contributed by atoms with Crippen LogP contribution in [0.5, 0.6) is 0 Å². The minimum atomic E-state index is 0.0726. The lowest BCUT2D eigenvalue weighted by Crippen LogP contribution is -2.53. The van der Waals surface area contributed by atoms with Crippen molar-refractivity contribution in [3.05, 3.63) is 11.6 Å². The van der Waals surface area contributed by atoms with Gasteiger partial charge in [0, 0.05) is 10.8 Å². The smallest absolute Gasteiger partial charge is 0.155 e. The first-order valence-electron chi connectivity index (χ1n) is 10.9. The number of fused-ring (bicyclic) bond motifs is 6. The summed E-state index contributed by atoms with van der Waals surface area (Å²) in [4.78, 5) is 12.1. The molecule has 0 aromatic rings. The van der Waals surface area contributed by atoms with E-state index in [1.54, 1.807) is 5.57 Å². The summed E-state index contributed by atoms with van der Waals surface area (Å²) in [5, 5.41) is 0. The van der Waals surface area contributed by atoms with Crippen molar-refractivity contribution in [1.82, 2.24) is 0 Å². The molecule has 4 fully saturated rings. The quantitative estimate of drug-likeness (QED) is 0.391. The van der Waals surface area contributed by atoms with Crippen molar-refractivity contribution >= 4 is 28.4 Å². The van der Waals surface area contributed by atoms with Crippen molar-refractivity contribution in [3.8, 4) is 0 Å². The van der Waals surface area contributed by atoms with Crippen molar-refractivity contribution < 1.29 is 9.53 Å². The van der Waals surface area contributed by atoms with Gasteiger partial charge in [-0.05, 0) is 98.9 Å². The molecule has 1 spiro atoms. The fourth-order valence-electron chi connectivity index (χ4n) is 7.85. The van der Waals surface area contributed by atoms with Crippen molar-refractivity contribution in [2.24, 2.45) is 34.5 Å². The Bertz CT molecular complexity index is 651. The molecule has 5 aliphatic carbocycles. The van der Waals surface area contributed by atoms with Crippen LogP contribution in [0.15, 0.2) is 11.6 Å². The first kappa shape index (κ1) is 18.1. The van der Waals surface area contributed by atoms with Gasteiger partial charge in [0.05, 0.1) is 12.2 Å². The third-order valence-electron chi connectivity index (χ3n) is 9.55. The van der Waals surface area contributed by atoms with Crippen LogP contribution in [0.3, 0.4) is 0 Å². The molecular weight excluding hydrogens is 435 g/mol. The Morgan fingerprint density at radius 1 is 1.12 bits per heavy atom. The number of ether oxygens (including phenoxy) is 1. The van der Waals surface area contributed by atoms with Crippen LogP contribution in [0, 0.1) is 34.5 Å². The van der Waals surface area contributed by atoms with Crippen LogP contribution in [0.2, 0.25) is 0 Å². The second-order valence-electron chi connectivity index (χ2n) is 10.4. The van der Waals surface area contributed by atoms with Gasteiger partial charge in [0.25, 0.3) is 0 Å². The standard InChI is InChI=1S/C23H33IO2/c1-21-7-5-16-17-4-3-15(25)13-20(17)23(9-10-23)14-18(16)19(21)6-8-22(21,2)26-12-11-24/h13,16-19H,3-12,14H2,1-2H3/t16?,17-,18?,19?,21?,22+/m1/s1. The summed E-state index contributed by atoms with van der Waals surface area (Å²) < 4.78 is 7.61. The molecule has 0 amide bonds. The van der Waals surface area contributed by atoms with E-state index in [1.165, 1.54) is 44.9 Å². The van der Waals surface area contributed by atoms with Crippen molar-refractivity contribution in [2.45, 2.75) is 77.2 Å². The van der Waals surface area contributed by atoms with Gasteiger partial charge in [-0.1, -0.05) is 35.1 Å². The van der Waals surface area contributed by atoms with Crippen LogP contribution in [-0.2, 0) is 9.53 Å². The highest BCUT2D eigenvalue weighted by molar-refractivity contribution is 14.1. The van der Waals surface area contributed by atoms with E-state index in [-0.39, 0.29) is 5.60 Å². The van der Waals surface area contributed by atoms with Crippen molar-refractivity contribution in [1.29, 1.82) is 0 Å². The summed E-state index contributed by atoms with van der Waals surface area (Å²) in [6.45, 7) is 5.87. The Kier molecular flexibility index (Phi) is 4.22. The van der Waals surface area contributed by atoms with Gasteiger partial charge < -0.3 is 4.74 Å². The third-order valence-corrected chi connectivity index (χ3v) is 9.99. The molecule has 4 saturated carbocycles. The van der Waals surface area contributed by atoms with E-state index in [1.807, 2.05) is 0 Å². The largest absolute Gasteiger partial charge is 0.374 e. The van der Waals surface area contributed by atoms with E-state index in [2.05, 4.69) is 42.5 Å². The highest BCUT2D eigenvalue weighted by Gasteiger charge is 2.65. The average Bonchev–Trinajstić information content (AvgIpc) is 3.34. The number of ketones is 1. The molecule has 0 bridgehead atoms. The molecule has 2 nitrogen and oxygen atoms in total. The molecule has 5 rings (SSSR count). The summed E-state index contributed by atoms with van der Waals surface area (Å²) >= 11 is 2.44. The highest BCUT2D eigenvalue weighted by Crippen LogP contribution is 2.72. The zero-order chi connectivity index (χ0) is 18.2. The van der Waals surface area contributed by atoms with Crippen LogP contribution in [0.4, 0.5) is 0 Å². The Hall–Kier alpha value is 0.1000. The van der Waals surface area contributed by atoms with Crippen molar-refractivity contribution in [3.63, 3.8) is 0 Å². The normalized spacial score (nSPS) is 48.6. The van der Waals surface area contributed by atoms with Gasteiger partial charge in [-0.25, -0.2) is 0 Å². The average molecular weight is 468 g/mol. The van der Waals surface area contributed by atoms with Gasteiger partial charge >= 0.3 is 0 Å². The van der Waals surface area contributed by atoms with Gasteiger partial charge in [0.2, 0.25) is 0 Å². The Balaban J connectivity index is 1.47. The topological polar surface area (TPSA) is 26.3 Å². The Morgan fingerprint density at radius 3 is 2.65 bits per heavy atom. The van der Waals surface area contributed by atoms with Crippen LogP contribution in [0.25, 0.3) is 0 Å². The monoisotopic (exact) mass is 468 g/mol. The molecule has 0 heterocycles. The second-order valence-corrected chi connectivity index (χ2v) is 11.5.